The number of hydrogen-bond donors (Lipinski definition) is 2. The normalized spacial score (nSPS) is 23.9. The molecule has 0 aromatic carbocycles. The zero-order chi connectivity index (χ0) is 14.0. The SMILES string of the molecule is O=S(=O)(NC1CCCOC1)c1ccc(CNC2CC2)o1. The third-order valence-corrected chi connectivity index (χ3v) is 4.92. The fourth-order valence-electron chi connectivity index (χ4n) is 2.24. The first-order chi connectivity index (χ1) is 9.63. The highest BCUT2D eigenvalue weighted by Crippen LogP contribution is 2.21. The summed E-state index contributed by atoms with van der Waals surface area (Å²) >= 11 is 0. The van der Waals surface area contributed by atoms with Gasteiger partial charge in [0.2, 0.25) is 5.09 Å². The van der Waals surface area contributed by atoms with Crippen molar-refractivity contribution >= 4 is 10.0 Å². The number of sulfonamides is 1. The van der Waals surface area contributed by atoms with E-state index in [1.54, 1.807) is 6.07 Å². The lowest BCUT2D eigenvalue weighted by atomic mass is 10.1. The van der Waals surface area contributed by atoms with Crippen LogP contribution in [0.5, 0.6) is 0 Å². The smallest absolute Gasteiger partial charge is 0.274 e. The summed E-state index contributed by atoms with van der Waals surface area (Å²) in [6, 6.07) is 3.63. The number of nitrogens with one attached hydrogen (secondary N) is 2. The van der Waals surface area contributed by atoms with Crippen LogP contribution < -0.4 is 10.0 Å². The molecule has 1 aromatic rings. The average molecular weight is 300 g/mol. The van der Waals surface area contributed by atoms with Crippen LogP contribution in [-0.4, -0.2) is 33.7 Å². The minimum Gasteiger partial charge on any atom is -0.447 e. The quantitative estimate of drug-likeness (QED) is 0.819. The van der Waals surface area contributed by atoms with E-state index in [1.165, 1.54) is 18.9 Å². The van der Waals surface area contributed by atoms with E-state index >= 15 is 0 Å². The Morgan fingerprint density at radius 1 is 1.20 bits per heavy atom. The molecule has 2 N–H and O–H groups in total. The third kappa shape index (κ3) is 3.60. The van der Waals surface area contributed by atoms with E-state index in [0.29, 0.717) is 31.6 Å². The van der Waals surface area contributed by atoms with Crippen molar-refractivity contribution in [3.63, 3.8) is 0 Å². The van der Waals surface area contributed by atoms with Crippen molar-refractivity contribution in [2.24, 2.45) is 0 Å². The molecule has 7 heteroatoms. The van der Waals surface area contributed by atoms with Gasteiger partial charge in [-0.05, 0) is 37.8 Å². The largest absolute Gasteiger partial charge is 0.447 e. The Hall–Kier alpha value is -0.890. The number of rotatable bonds is 6. The van der Waals surface area contributed by atoms with Crippen molar-refractivity contribution in [2.45, 2.75) is 49.4 Å². The van der Waals surface area contributed by atoms with E-state index in [2.05, 4.69) is 10.0 Å². The van der Waals surface area contributed by atoms with Crippen molar-refractivity contribution in [2.75, 3.05) is 13.2 Å². The molecular formula is C13H20N2O4S. The van der Waals surface area contributed by atoms with Crippen molar-refractivity contribution < 1.29 is 17.6 Å². The van der Waals surface area contributed by atoms with Crippen molar-refractivity contribution in [1.29, 1.82) is 0 Å². The summed E-state index contributed by atoms with van der Waals surface area (Å²) < 4.78 is 37.7. The van der Waals surface area contributed by atoms with Gasteiger partial charge in [0.25, 0.3) is 10.0 Å². The van der Waals surface area contributed by atoms with Gasteiger partial charge in [0, 0.05) is 18.7 Å². The Morgan fingerprint density at radius 2 is 2.05 bits per heavy atom. The van der Waals surface area contributed by atoms with Crippen molar-refractivity contribution in [3.8, 4) is 0 Å². The van der Waals surface area contributed by atoms with Gasteiger partial charge in [-0.3, -0.25) is 0 Å². The predicted octanol–water partition coefficient (Wildman–Crippen LogP) is 0.989. The number of hydrogen-bond acceptors (Lipinski definition) is 5. The van der Waals surface area contributed by atoms with Gasteiger partial charge >= 0.3 is 0 Å². The van der Waals surface area contributed by atoms with E-state index in [1.807, 2.05) is 0 Å². The number of furan rings is 1. The molecule has 2 aliphatic rings. The molecular weight excluding hydrogens is 280 g/mol. The number of ether oxygens (including phenoxy) is 1. The average Bonchev–Trinajstić information content (AvgIpc) is 3.13. The van der Waals surface area contributed by atoms with Gasteiger partial charge in [-0.25, -0.2) is 13.1 Å². The van der Waals surface area contributed by atoms with E-state index < -0.39 is 10.0 Å². The van der Waals surface area contributed by atoms with Crippen LogP contribution in [0.2, 0.25) is 0 Å². The van der Waals surface area contributed by atoms with Gasteiger partial charge in [-0.2, -0.15) is 0 Å². The summed E-state index contributed by atoms with van der Waals surface area (Å²) in [7, 11) is -3.59. The second-order valence-electron chi connectivity index (χ2n) is 5.41. The summed E-state index contributed by atoms with van der Waals surface area (Å²) in [6.07, 6.45) is 4.06. The lowest BCUT2D eigenvalue weighted by molar-refractivity contribution is 0.0773. The molecule has 0 spiro atoms. The summed E-state index contributed by atoms with van der Waals surface area (Å²) in [6.45, 7) is 1.71. The molecule has 1 aromatic heterocycles. The standard InChI is InChI=1S/C13H20N2O4S/c16-20(17,15-11-2-1-7-18-9-11)13-6-5-12(19-13)8-14-10-3-4-10/h5-6,10-11,14-15H,1-4,7-9H2. The molecule has 0 radical (unpaired) electrons. The zero-order valence-electron chi connectivity index (χ0n) is 11.3. The van der Waals surface area contributed by atoms with E-state index in [4.69, 9.17) is 9.15 Å². The van der Waals surface area contributed by atoms with Crippen LogP contribution in [0.1, 0.15) is 31.4 Å². The van der Waals surface area contributed by atoms with E-state index in [-0.39, 0.29) is 11.1 Å². The Labute approximate surface area is 118 Å². The van der Waals surface area contributed by atoms with Gasteiger partial charge < -0.3 is 14.5 Å². The molecule has 1 atom stereocenters. The second kappa shape index (κ2) is 5.85. The molecule has 112 valence electrons. The monoisotopic (exact) mass is 300 g/mol. The summed E-state index contributed by atoms with van der Waals surface area (Å²) in [5, 5.41) is 3.27. The van der Waals surface area contributed by atoms with Crippen LogP contribution in [0.4, 0.5) is 0 Å². The van der Waals surface area contributed by atoms with Gasteiger partial charge in [0.1, 0.15) is 5.76 Å². The molecule has 0 bridgehead atoms. The van der Waals surface area contributed by atoms with Gasteiger partial charge in [-0.1, -0.05) is 0 Å². The predicted molar refractivity (Wildman–Crippen MR) is 72.7 cm³/mol. The van der Waals surface area contributed by atoms with Crippen LogP contribution in [0.3, 0.4) is 0 Å². The first kappa shape index (κ1) is 14.1. The van der Waals surface area contributed by atoms with E-state index in [0.717, 1.165) is 12.8 Å². The highest BCUT2D eigenvalue weighted by Gasteiger charge is 2.25. The zero-order valence-corrected chi connectivity index (χ0v) is 12.1. The Morgan fingerprint density at radius 3 is 2.75 bits per heavy atom. The molecule has 1 saturated carbocycles. The molecule has 1 aliphatic heterocycles. The minimum absolute atomic E-state index is 0.0179. The molecule has 0 amide bonds. The van der Waals surface area contributed by atoms with Crippen LogP contribution in [0, 0.1) is 0 Å². The second-order valence-corrected chi connectivity index (χ2v) is 7.06. The molecule has 3 rings (SSSR count). The molecule has 6 nitrogen and oxygen atoms in total. The van der Waals surface area contributed by atoms with Crippen LogP contribution in [0.25, 0.3) is 0 Å². The highest BCUT2D eigenvalue weighted by atomic mass is 32.2. The minimum atomic E-state index is -3.59. The molecule has 1 saturated heterocycles. The molecule has 1 unspecified atom stereocenters. The fourth-order valence-corrected chi connectivity index (χ4v) is 3.45. The Bertz CT molecular complexity index is 544. The molecule has 20 heavy (non-hydrogen) atoms. The summed E-state index contributed by atoms with van der Waals surface area (Å²) in [5.74, 6) is 0.650. The van der Waals surface area contributed by atoms with Gasteiger partial charge in [0.15, 0.2) is 0 Å². The first-order valence-electron chi connectivity index (χ1n) is 7.06. The molecule has 2 heterocycles. The maximum atomic E-state index is 12.2. The van der Waals surface area contributed by atoms with Crippen LogP contribution in [-0.2, 0) is 21.3 Å². The first-order valence-corrected chi connectivity index (χ1v) is 8.54. The van der Waals surface area contributed by atoms with Crippen LogP contribution in [0.15, 0.2) is 21.6 Å². The molecule has 1 aliphatic carbocycles. The van der Waals surface area contributed by atoms with Gasteiger partial charge in [-0.15, -0.1) is 0 Å². The molecule has 2 fully saturated rings. The van der Waals surface area contributed by atoms with Crippen LogP contribution >= 0.6 is 0 Å². The van der Waals surface area contributed by atoms with Crippen molar-refractivity contribution in [3.05, 3.63) is 17.9 Å². The maximum Gasteiger partial charge on any atom is 0.274 e. The lowest BCUT2D eigenvalue weighted by Gasteiger charge is -2.22. The lowest BCUT2D eigenvalue weighted by Crippen LogP contribution is -2.40. The third-order valence-electron chi connectivity index (χ3n) is 3.53. The summed E-state index contributed by atoms with van der Waals surface area (Å²) in [5.41, 5.74) is 0. The van der Waals surface area contributed by atoms with Crippen molar-refractivity contribution in [1.82, 2.24) is 10.0 Å². The Kier molecular flexibility index (Phi) is 4.11. The van der Waals surface area contributed by atoms with E-state index in [9.17, 15) is 8.42 Å². The fraction of sp³-hybridized carbons (Fsp3) is 0.692. The maximum absolute atomic E-state index is 12.2. The Balaban J connectivity index is 1.60. The van der Waals surface area contributed by atoms with Gasteiger partial charge in [0.05, 0.1) is 13.2 Å². The highest BCUT2D eigenvalue weighted by molar-refractivity contribution is 7.89. The summed E-state index contributed by atoms with van der Waals surface area (Å²) in [4.78, 5) is 0. The topological polar surface area (TPSA) is 80.6 Å².